The summed E-state index contributed by atoms with van der Waals surface area (Å²) >= 11 is 3.82. The van der Waals surface area contributed by atoms with E-state index in [0.717, 1.165) is 77.3 Å². The SMILES string of the molecule is CC1=CC(C)=[N+]2C1=C(c1ccc(N3CCSCCOCCOCCSCC3)cc1)c1c(C)cc(C)n1[B-]2(F)F. The van der Waals surface area contributed by atoms with E-state index in [4.69, 9.17) is 9.47 Å². The zero-order valence-electron chi connectivity index (χ0n) is 23.3. The number of aryl methyl sites for hydroxylation is 2. The Morgan fingerprint density at radius 1 is 0.846 bits per heavy atom. The van der Waals surface area contributed by atoms with E-state index in [1.54, 1.807) is 13.8 Å². The summed E-state index contributed by atoms with van der Waals surface area (Å²) in [5, 5.41) is 0. The second-order valence-electron chi connectivity index (χ2n) is 10.3. The third kappa shape index (κ3) is 5.76. The second-order valence-corrected chi connectivity index (χ2v) is 12.8. The van der Waals surface area contributed by atoms with Gasteiger partial charge in [0.25, 0.3) is 0 Å². The number of ether oxygens (including phenoxy) is 2. The van der Waals surface area contributed by atoms with E-state index in [0.29, 0.717) is 36.0 Å². The van der Waals surface area contributed by atoms with Gasteiger partial charge in [-0.25, -0.2) is 0 Å². The van der Waals surface area contributed by atoms with Crippen molar-refractivity contribution in [2.24, 2.45) is 0 Å². The number of allylic oxidation sites excluding steroid dienone is 2. The van der Waals surface area contributed by atoms with Crippen LogP contribution in [-0.4, -0.2) is 84.2 Å². The molecule has 2 aromatic rings. The molecule has 0 saturated carbocycles. The van der Waals surface area contributed by atoms with Crippen LogP contribution in [0.15, 0.2) is 47.7 Å². The molecule has 3 aliphatic rings. The molecule has 3 aliphatic heterocycles. The molecule has 210 valence electrons. The van der Waals surface area contributed by atoms with E-state index in [9.17, 15) is 0 Å². The number of thioether (sulfide) groups is 2. The zero-order valence-corrected chi connectivity index (χ0v) is 25.0. The standard InChI is InChI=1S/C29H38BF2N3O2S2/c1-21-19-23(3)34-28(21)27(29-22(2)20-24(4)35(29)30(34,31)32)25-5-7-26(8-6-25)33-9-15-38-17-13-36-11-12-37-14-18-39-16-10-33/h5-8,19-20H,9-18H2,1-4H3. The fraction of sp³-hybridized carbons (Fsp3) is 0.483. The van der Waals surface area contributed by atoms with Crippen LogP contribution in [-0.2, 0) is 9.47 Å². The number of benzene rings is 1. The topological polar surface area (TPSA) is 29.6 Å². The Morgan fingerprint density at radius 3 is 2.08 bits per heavy atom. The third-order valence-electron chi connectivity index (χ3n) is 7.58. The smallest absolute Gasteiger partial charge is 0.393 e. The predicted octanol–water partition coefficient (Wildman–Crippen LogP) is 5.85. The molecule has 0 amide bonds. The van der Waals surface area contributed by atoms with Gasteiger partial charge in [-0.05, 0) is 55.8 Å². The normalized spacial score (nSPS) is 21.3. The van der Waals surface area contributed by atoms with Crippen molar-refractivity contribution in [1.29, 1.82) is 0 Å². The number of nitrogens with zero attached hydrogens (tertiary/aromatic N) is 3. The van der Waals surface area contributed by atoms with Crippen LogP contribution < -0.4 is 4.90 Å². The number of aromatic nitrogens is 1. The van der Waals surface area contributed by atoms with Gasteiger partial charge in [-0.15, -0.1) is 0 Å². The minimum atomic E-state index is -3.96. The zero-order chi connectivity index (χ0) is 27.6. The van der Waals surface area contributed by atoms with E-state index in [1.165, 1.54) is 8.96 Å². The van der Waals surface area contributed by atoms with Crippen molar-refractivity contribution in [3.8, 4) is 0 Å². The average Bonchev–Trinajstić information content (AvgIpc) is 3.37. The Hall–Kier alpha value is -2.01. The molecular weight excluding hydrogens is 535 g/mol. The first kappa shape index (κ1) is 28.5. The summed E-state index contributed by atoms with van der Waals surface area (Å²) in [4.78, 5) is 2.43. The highest BCUT2D eigenvalue weighted by Crippen LogP contribution is 2.44. The van der Waals surface area contributed by atoms with Gasteiger partial charge in [0.05, 0.1) is 32.0 Å². The van der Waals surface area contributed by atoms with Gasteiger partial charge in [0.2, 0.25) is 0 Å². The van der Waals surface area contributed by atoms with Crippen LogP contribution in [0.5, 0.6) is 0 Å². The Kier molecular flexibility index (Phi) is 8.96. The summed E-state index contributed by atoms with van der Waals surface area (Å²) in [6, 6.07) is 10.4. The van der Waals surface area contributed by atoms with Crippen LogP contribution in [0.2, 0.25) is 0 Å². The quantitative estimate of drug-likeness (QED) is 0.421. The number of rotatable bonds is 2. The molecule has 39 heavy (non-hydrogen) atoms. The molecule has 5 rings (SSSR count). The first-order chi connectivity index (χ1) is 18.8. The number of halogens is 2. The van der Waals surface area contributed by atoms with Crippen LogP contribution >= 0.6 is 23.5 Å². The van der Waals surface area contributed by atoms with E-state index < -0.39 is 6.97 Å². The highest BCUT2D eigenvalue weighted by Gasteiger charge is 2.55. The van der Waals surface area contributed by atoms with Crippen molar-refractivity contribution < 1.29 is 22.6 Å². The van der Waals surface area contributed by atoms with Crippen molar-refractivity contribution in [2.45, 2.75) is 27.7 Å². The molecule has 10 heteroatoms. The molecule has 0 spiro atoms. The fourth-order valence-corrected chi connectivity index (χ4v) is 7.47. The minimum absolute atomic E-state index is 0.588. The average molecular weight is 574 g/mol. The van der Waals surface area contributed by atoms with E-state index in [1.807, 2.05) is 49.5 Å². The van der Waals surface area contributed by atoms with Crippen LogP contribution in [0.4, 0.5) is 14.3 Å². The third-order valence-corrected chi connectivity index (χ3v) is 9.44. The van der Waals surface area contributed by atoms with Crippen molar-refractivity contribution in [2.75, 3.05) is 67.4 Å². The maximum atomic E-state index is 15.9. The summed E-state index contributed by atoms with van der Waals surface area (Å²) in [7, 11) is 0. The van der Waals surface area contributed by atoms with Crippen LogP contribution in [0.1, 0.15) is 36.4 Å². The fourth-order valence-electron chi connectivity index (χ4n) is 5.89. The van der Waals surface area contributed by atoms with Gasteiger partial charge >= 0.3 is 6.97 Å². The van der Waals surface area contributed by atoms with Crippen molar-refractivity contribution in [3.05, 3.63) is 70.2 Å². The maximum Gasteiger partial charge on any atom is 0.737 e. The molecule has 0 bridgehead atoms. The van der Waals surface area contributed by atoms with Gasteiger partial charge in [0, 0.05) is 66.1 Å². The van der Waals surface area contributed by atoms with Gasteiger partial charge in [-0.2, -0.15) is 23.5 Å². The molecule has 0 aliphatic carbocycles. The van der Waals surface area contributed by atoms with Crippen LogP contribution in [0.25, 0.3) is 5.57 Å². The molecule has 1 fully saturated rings. The first-order valence-electron chi connectivity index (χ1n) is 13.7. The van der Waals surface area contributed by atoms with E-state index in [2.05, 4.69) is 29.2 Å². The Bertz CT molecular complexity index is 1290. The Labute approximate surface area is 239 Å². The summed E-state index contributed by atoms with van der Waals surface area (Å²) in [5.74, 6) is 4.00. The minimum Gasteiger partial charge on any atom is -0.393 e. The molecule has 4 heterocycles. The van der Waals surface area contributed by atoms with Gasteiger partial charge in [-0.1, -0.05) is 12.1 Å². The second kappa shape index (κ2) is 12.2. The summed E-state index contributed by atoms with van der Waals surface area (Å²) in [6.45, 7) is 8.19. The molecule has 1 aromatic carbocycles. The highest BCUT2D eigenvalue weighted by atomic mass is 32.2. The number of hydrogen-bond donors (Lipinski definition) is 0. The lowest BCUT2D eigenvalue weighted by Gasteiger charge is -2.34. The van der Waals surface area contributed by atoms with Crippen molar-refractivity contribution >= 4 is 47.5 Å². The van der Waals surface area contributed by atoms with E-state index >= 15 is 8.63 Å². The largest absolute Gasteiger partial charge is 0.737 e. The van der Waals surface area contributed by atoms with Gasteiger partial charge in [0.15, 0.2) is 5.70 Å². The van der Waals surface area contributed by atoms with Crippen LogP contribution in [0, 0.1) is 13.8 Å². The molecule has 0 unspecified atom stereocenters. The lowest BCUT2D eigenvalue weighted by Crippen LogP contribution is -2.51. The van der Waals surface area contributed by atoms with Gasteiger partial charge in [0.1, 0.15) is 5.71 Å². The molecular formula is C29H38BF2N3O2S2. The molecule has 0 radical (unpaired) electrons. The lowest BCUT2D eigenvalue weighted by molar-refractivity contribution is -0.363. The number of fused-ring (bicyclic) bond motifs is 2. The molecule has 0 N–H and O–H groups in total. The highest BCUT2D eigenvalue weighted by molar-refractivity contribution is 7.99. The molecule has 5 nitrogen and oxygen atoms in total. The van der Waals surface area contributed by atoms with E-state index in [-0.39, 0.29) is 0 Å². The molecule has 1 aromatic heterocycles. The molecule has 1 saturated heterocycles. The van der Waals surface area contributed by atoms with Gasteiger partial charge in [-0.3, -0.25) is 0 Å². The maximum absolute atomic E-state index is 15.9. The summed E-state index contributed by atoms with van der Waals surface area (Å²) in [5.41, 5.74) is 7.20. The number of hydrogen-bond acceptors (Lipinski definition) is 5. The summed E-state index contributed by atoms with van der Waals surface area (Å²) in [6.07, 6.45) is 1.88. The Morgan fingerprint density at radius 2 is 1.46 bits per heavy atom. The van der Waals surface area contributed by atoms with Crippen molar-refractivity contribution in [3.63, 3.8) is 0 Å². The van der Waals surface area contributed by atoms with Gasteiger partial charge < -0.3 is 32.0 Å². The first-order valence-corrected chi connectivity index (χ1v) is 16.0. The lowest BCUT2D eigenvalue weighted by atomic mass is 9.84. The monoisotopic (exact) mass is 573 g/mol. The summed E-state index contributed by atoms with van der Waals surface area (Å²) < 4.78 is 45.7. The van der Waals surface area contributed by atoms with Crippen molar-refractivity contribution in [1.82, 2.24) is 4.48 Å². The van der Waals surface area contributed by atoms with Crippen LogP contribution in [0.3, 0.4) is 0 Å². The number of anilines is 1. The Balaban J connectivity index is 1.46. The molecule has 0 atom stereocenters. The predicted molar refractivity (Wildman–Crippen MR) is 163 cm³/mol.